The highest BCUT2D eigenvalue weighted by Crippen LogP contribution is 2.27. The zero-order chi connectivity index (χ0) is 14.1. The van der Waals surface area contributed by atoms with E-state index in [0.717, 1.165) is 30.7 Å². The van der Waals surface area contributed by atoms with Crippen molar-refractivity contribution in [3.63, 3.8) is 0 Å². The summed E-state index contributed by atoms with van der Waals surface area (Å²) >= 11 is 1.46. The molecule has 0 aliphatic carbocycles. The highest BCUT2D eigenvalue weighted by atomic mass is 32.1. The second kappa shape index (κ2) is 8.69. The highest BCUT2D eigenvalue weighted by molar-refractivity contribution is 7.14. The first kappa shape index (κ1) is 15.7. The van der Waals surface area contributed by atoms with Crippen LogP contribution in [-0.2, 0) is 4.74 Å². The maximum atomic E-state index is 12.0. The molecule has 0 radical (unpaired) electrons. The number of hydrogen-bond donors (Lipinski definition) is 1. The van der Waals surface area contributed by atoms with Gasteiger partial charge in [-0.05, 0) is 24.3 Å². The number of aliphatic imine (C=N–C) groups is 1. The molecule has 106 valence electrons. The van der Waals surface area contributed by atoms with Crippen LogP contribution >= 0.6 is 11.3 Å². The quantitative estimate of drug-likeness (QED) is 0.611. The predicted molar refractivity (Wildman–Crippen MR) is 80.6 cm³/mol. The summed E-state index contributed by atoms with van der Waals surface area (Å²) in [5.74, 6) is 0.627. The standard InChI is InChI=1S/C14H22N2O2S/c1-4-6-7-12(18-3)16-14-11(8-10-19-14)13(17)15-9-5-2/h8,10H,4-7,9H2,1-3H3,(H,15,17)/b16-12+. The molecule has 1 N–H and O–H groups in total. The molecule has 1 heterocycles. The summed E-state index contributed by atoms with van der Waals surface area (Å²) in [5.41, 5.74) is 0.629. The van der Waals surface area contributed by atoms with Crippen LogP contribution < -0.4 is 5.32 Å². The predicted octanol–water partition coefficient (Wildman–Crippen LogP) is 3.75. The maximum Gasteiger partial charge on any atom is 0.254 e. The van der Waals surface area contributed by atoms with Crippen LogP contribution in [-0.4, -0.2) is 25.5 Å². The molecule has 0 saturated carbocycles. The number of amides is 1. The van der Waals surface area contributed by atoms with Gasteiger partial charge in [-0.3, -0.25) is 4.79 Å². The molecule has 0 fully saturated rings. The molecule has 5 heteroatoms. The van der Waals surface area contributed by atoms with Crippen molar-refractivity contribution in [3.8, 4) is 0 Å². The van der Waals surface area contributed by atoms with Crippen molar-refractivity contribution in [2.24, 2.45) is 4.99 Å². The molecular weight excluding hydrogens is 260 g/mol. The molecule has 1 aromatic heterocycles. The number of ether oxygens (including phenoxy) is 1. The normalized spacial score (nSPS) is 11.4. The average Bonchev–Trinajstić information content (AvgIpc) is 2.88. The van der Waals surface area contributed by atoms with Crippen molar-refractivity contribution in [1.29, 1.82) is 0 Å². The number of methoxy groups -OCH3 is 1. The summed E-state index contributed by atoms with van der Waals surface area (Å²) < 4.78 is 5.27. The Balaban J connectivity index is 2.80. The van der Waals surface area contributed by atoms with Crippen LogP contribution in [0.4, 0.5) is 5.00 Å². The number of carbonyl (C=O) groups excluding carboxylic acids is 1. The van der Waals surface area contributed by atoms with Gasteiger partial charge in [-0.2, -0.15) is 0 Å². The molecule has 0 aliphatic heterocycles. The minimum atomic E-state index is -0.0622. The van der Waals surface area contributed by atoms with Gasteiger partial charge in [-0.15, -0.1) is 11.3 Å². The van der Waals surface area contributed by atoms with Gasteiger partial charge in [0.2, 0.25) is 0 Å². The van der Waals surface area contributed by atoms with Gasteiger partial charge in [0, 0.05) is 13.0 Å². The van der Waals surface area contributed by atoms with Crippen molar-refractivity contribution in [2.45, 2.75) is 39.5 Å². The van der Waals surface area contributed by atoms with Crippen molar-refractivity contribution in [2.75, 3.05) is 13.7 Å². The largest absolute Gasteiger partial charge is 0.484 e. The number of carbonyl (C=O) groups is 1. The second-order valence-electron chi connectivity index (χ2n) is 4.21. The lowest BCUT2D eigenvalue weighted by atomic mass is 10.2. The Kier molecular flexibility index (Phi) is 7.18. The third-order valence-electron chi connectivity index (χ3n) is 2.63. The van der Waals surface area contributed by atoms with Crippen LogP contribution in [0.1, 0.15) is 49.9 Å². The molecule has 1 amide bonds. The van der Waals surface area contributed by atoms with Crippen molar-refractivity contribution >= 4 is 28.1 Å². The first-order valence-electron chi connectivity index (χ1n) is 6.70. The Morgan fingerprint density at radius 2 is 2.21 bits per heavy atom. The second-order valence-corrected chi connectivity index (χ2v) is 5.10. The minimum absolute atomic E-state index is 0.0622. The zero-order valence-corrected chi connectivity index (χ0v) is 12.7. The number of thiophene rings is 1. The third kappa shape index (κ3) is 5.03. The van der Waals surface area contributed by atoms with Gasteiger partial charge >= 0.3 is 0 Å². The Bertz CT molecular complexity index is 427. The van der Waals surface area contributed by atoms with E-state index in [1.807, 2.05) is 18.4 Å². The van der Waals surface area contributed by atoms with Crippen LogP contribution in [0.15, 0.2) is 16.4 Å². The first-order chi connectivity index (χ1) is 9.22. The summed E-state index contributed by atoms with van der Waals surface area (Å²) in [6.45, 7) is 4.84. The Morgan fingerprint density at radius 3 is 2.84 bits per heavy atom. The van der Waals surface area contributed by atoms with E-state index >= 15 is 0 Å². The monoisotopic (exact) mass is 282 g/mol. The summed E-state index contributed by atoms with van der Waals surface area (Å²) in [7, 11) is 1.62. The SMILES string of the molecule is CCCC/C(=N\c1sccc1C(=O)NCCC)OC. The van der Waals surface area contributed by atoms with E-state index in [4.69, 9.17) is 4.74 Å². The molecule has 0 saturated heterocycles. The van der Waals surface area contributed by atoms with Crippen LogP contribution in [0.2, 0.25) is 0 Å². The fourth-order valence-electron chi connectivity index (χ4n) is 1.54. The smallest absolute Gasteiger partial charge is 0.254 e. The molecule has 0 atom stereocenters. The van der Waals surface area contributed by atoms with E-state index in [0.29, 0.717) is 18.0 Å². The lowest BCUT2D eigenvalue weighted by Crippen LogP contribution is -2.23. The summed E-state index contributed by atoms with van der Waals surface area (Å²) in [6.07, 6.45) is 3.86. The van der Waals surface area contributed by atoms with E-state index in [2.05, 4.69) is 17.2 Å². The Labute approximate surface area is 118 Å². The van der Waals surface area contributed by atoms with Crippen molar-refractivity contribution in [1.82, 2.24) is 5.32 Å². The third-order valence-corrected chi connectivity index (χ3v) is 3.44. The molecule has 0 unspecified atom stereocenters. The van der Waals surface area contributed by atoms with Gasteiger partial charge in [-0.25, -0.2) is 4.99 Å². The number of nitrogens with one attached hydrogen (secondary N) is 1. The molecular formula is C14H22N2O2S. The fourth-order valence-corrected chi connectivity index (χ4v) is 2.31. The molecule has 1 aromatic rings. The maximum absolute atomic E-state index is 12.0. The van der Waals surface area contributed by atoms with Crippen molar-refractivity contribution in [3.05, 3.63) is 17.0 Å². The van der Waals surface area contributed by atoms with E-state index < -0.39 is 0 Å². The number of rotatable bonds is 7. The van der Waals surface area contributed by atoms with Gasteiger partial charge in [0.25, 0.3) is 5.91 Å². The Morgan fingerprint density at radius 1 is 1.42 bits per heavy atom. The van der Waals surface area contributed by atoms with Crippen LogP contribution in [0.3, 0.4) is 0 Å². The molecule has 0 spiro atoms. The van der Waals surface area contributed by atoms with Crippen LogP contribution in [0.25, 0.3) is 0 Å². The van der Waals surface area contributed by atoms with E-state index in [1.165, 1.54) is 11.3 Å². The topological polar surface area (TPSA) is 50.7 Å². The van der Waals surface area contributed by atoms with Gasteiger partial charge in [-0.1, -0.05) is 20.3 Å². The van der Waals surface area contributed by atoms with Gasteiger partial charge < -0.3 is 10.1 Å². The first-order valence-corrected chi connectivity index (χ1v) is 7.58. The number of nitrogens with zero attached hydrogens (tertiary/aromatic N) is 1. The van der Waals surface area contributed by atoms with Crippen LogP contribution in [0, 0.1) is 0 Å². The van der Waals surface area contributed by atoms with Crippen LogP contribution in [0.5, 0.6) is 0 Å². The Hall–Kier alpha value is -1.36. The molecule has 19 heavy (non-hydrogen) atoms. The molecule has 1 rings (SSSR count). The number of unbranched alkanes of at least 4 members (excludes halogenated alkanes) is 1. The van der Waals surface area contributed by atoms with Gasteiger partial charge in [0.1, 0.15) is 5.00 Å². The lowest BCUT2D eigenvalue weighted by molar-refractivity contribution is 0.0955. The lowest BCUT2D eigenvalue weighted by Gasteiger charge is -2.05. The van der Waals surface area contributed by atoms with Gasteiger partial charge in [0.15, 0.2) is 5.90 Å². The molecule has 4 nitrogen and oxygen atoms in total. The van der Waals surface area contributed by atoms with Gasteiger partial charge in [0.05, 0.1) is 12.7 Å². The zero-order valence-electron chi connectivity index (χ0n) is 11.9. The highest BCUT2D eigenvalue weighted by Gasteiger charge is 2.12. The van der Waals surface area contributed by atoms with Crippen molar-refractivity contribution < 1.29 is 9.53 Å². The minimum Gasteiger partial charge on any atom is -0.484 e. The molecule has 0 aliphatic rings. The molecule has 0 bridgehead atoms. The fraction of sp³-hybridized carbons (Fsp3) is 0.571. The van der Waals surface area contributed by atoms with E-state index in [-0.39, 0.29) is 5.91 Å². The van der Waals surface area contributed by atoms with E-state index in [1.54, 1.807) is 7.11 Å². The summed E-state index contributed by atoms with van der Waals surface area (Å²) in [6, 6.07) is 1.81. The average molecular weight is 282 g/mol. The summed E-state index contributed by atoms with van der Waals surface area (Å²) in [4.78, 5) is 16.4. The van der Waals surface area contributed by atoms with E-state index in [9.17, 15) is 4.79 Å². The molecule has 0 aromatic carbocycles. The number of hydrogen-bond acceptors (Lipinski definition) is 4. The summed E-state index contributed by atoms with van der Waals surface area (Å²) in [5, 5.41) is 5.47.